The molecule has 3 nitrogen and oxygen atoms in total. The zero-order chi connectivity index (χ0) is 12.0. The Morgan fingerprint density at radius 3 is 2.94 bits per heavy atom. The lowest BCUT2D eigenvalue weighted by Gasteiger charge is -2.18. The molecule has 0 saturated carbocycles. The molecule has 4 heteroatoms. The van der Waals surface area contributed by atoms with Gasteiger partial charge in [0, 0.05) is 11.0 Å². The molecular weight excluding hydrogens is 268 g/mol. The first-order valence-corrected chi connectivity index (χ1v) is 5.91. The summed E-state index contributed by atoms with van der Waals surface area (Å²) in [4.78, 5) is 1.96. The van der Waals surface area contributed by atoms with Crippen LogP contribution in [-0.2, 0) is 0 Å². The van der Waals surface area contributed by atoms with Gasteiger partial charge in [-0.15, -0.1) is 0 Å². The molecule has 16 heavy (non-hydrogen) atoms. The van der Waals surface area contributed by atoms with Crippen LogP contribution in [0.2, 0.25) is 0 Å². The summed E-state index contributed by atoms with van der Waals surface area (Å²) in [5.74, 6) is 0.840. The summed E-state index contributed by atoms with van der Waals surface area (Å²) in [5, 5.41) is 8.72. The maximum atomic E-state index is 8.72. The van der Waals surface area contributed by atoms with E-state index in [1.165, 1.54) is 0 Å². The fourth-order valence-electron chi connectivity index (χ4n) is 1.16. The molecule has 0 bridgehead atoms. The standard InChI is InChI=1S/C12H15BrN2O/c1-10(9-14)15(2)6-7-16-12-5-3-4-11(13)8-12/h3-5,8,10H,6-7H2,1-2H3. The first-order valence-electron chi connectivity index (χ1n) is 5.11. The number of hydrogen-bond donors (Lipinski definition) is 0. The molecule has 0 spiro atoms. The second kappa shape index (κ2) is 6.51. The molecule has 0 fully saturated rings. The van der Waals surface area contributed by atoms with Crippen LogP contribution in [0.3, 0.4) is 0 Å². The number of halogens is 1. The molecule has 1 atom stereocenters. The highest BCUT2D eigenvalue weighted by Crippen LogP contribution is 2.17. The minimum Gasteiger partial charge on any atom is -0.492 e. The van der Waals surface area contributed by atoms with Crippen molar-refractivity contribution in [2.45, 2.75) is 13.0 Å². The Morgan fingerprint density at radius 2 is 2.31 bits per heavy atom. The molecule has 1 aromatic carbocycles. The van der Waals surface area contributed by atoms with Crippen molar-refractivity contribution in [3.8, 4) is 11.8 Å². The molecule has 0 heterocycles. The maximum absolute atomic E-state index is 8.72. The van der Waals surface area contributed by atoms with Crippen molar-refractivity contribution >= 4 is 15.9 Å². The molecule has 0 N–H and O–H groups in total. The number of benzene rings is 1. The van der Waals surface area contributed by atoms with Crippen molar-refractivity contribution in [3.63, 3.8) is 0 Å². The van der Waals surface area contributed by atoms with Gasteiger partial charge in [0.2, 0.25) is 0 Å². The van der Waals surface area contributed by atoms with Crippen LogP contribution in [0.5, 0.6) is 5.75 Å². The Balaban J connectivity index is 2.34. The third-order valence-corrected chi connectivity index (χ3v) is 2.85. The van der Waals surface area contributed by atoms with Gasteiger partial charge in [0.1, 0.15) is 12.4 Å². The van der Waals surface area contributed by atoms with E-state index in [1.807, 2.05) is 43.1 Å². The number of rotatable bonds is 5. The van der Waals surface area contributed by atoms with Crippen LogP contribution in [-0.4, -0.2) is 31.1 Å². The van der Waals surface area contributed by atoms with Crippen molar-refractivity contribution in [1.82, 2.24) is 4.90 Å². The molecule has 0 amide bonds. The smallest absolute Gasteiger partial charge is 0.120 e. The molecule has 0 aliphatic heterocycles. The summed E-state index contributed by atoms with van der Waals surface area (Å²) in [6.45, 7) is 3.19. The van der Waals surface area contributed by atoms with E-state index in [2.05, 4.69) is 22.0 Å². The Hall–Kier alpha value is -1.05. The minimum absolute atomic E-state index is 0.0777. The summed E-state index contributed by atoms with van der Waals surface area (Å²) in [6.07, 6.45) is 0. The quantitative estimate of drug-likeness (QED) is 0.833. The maximum Gasteiger partial charge on any atom is 0.120 e. The van der Waals surface area contributed by atoms with Crippen molar-refractivity contribution in [2.75, 3.05) is 20.2 Å². The van der Waals surface area contributed by atoms with E-state index in [0.29, 0.717) is 6.61 Å². The minimum atomic E-state index is -0.0777. The van der Waals surface area contributed by atoms with Gasteiger partial charge in [0.05, 0.1) is 12.1 Å². The van der Waals surface area contributed by atoms with Crippen LogP contribution in [0.25, 0.3) is 0 Å². The largest absolute Gasteiger partial charge is 0.492 e. The Labute approximate surface area is 105 Å². The lowest BCUT2D eigenvalue weighted by atomic mass is 10.3. The van der Waals surface area contributed by atoms with Gasteiger partial charge in [-0.3, -0.25) is 4.90 Å². The molecular formula is C12H15BrN2O. The van der Waals surface area contributed by atoms with Crippen LogP contribution in [0.1, 0.15) is 6.92 Å². The van der Waals surface area contributed by atoms with Gasteiger partial charge in [-0.1, -0.05) is 22.0 Å². The van der Waals surface area contributed by atoms with Crippen molar-refractivity contribution < 1.29 is 4.74 Å². The van der Waals surface area contributed by atoms with E-state index in [4.69, 9.17) is 10.00 Å². The predicted molar refractivity (Wildman–Crippen MR) is 67.3 cm³/mol. The highest BCUT2D eigenvalue weighted by atomic mass is 79.9. The van der Waals surface area contributed by atoms with Gasteiger partial charge in [-0.2, -0.15) is 5.26 Å². The van der Waals surface area contributed by atoms with Crippen molar-refractivity contribution in [1.29, 1.82) is 5.26 Å². The Kier molecular flexibility index (Phi) is 5.30. The fourth-order valence-corrected chi connectivity index (χ4v) is 1.53. The normalized spacial score (nSPS) is 12.2. The number of nitriles is 1. The lowest BCUT2D eigenvalue weighted by Crippen LogP contribution is -2.31. The molecule has 1 aromatic rings. The molecule has 0 aromatic heterocycles. The molecule has 1 unspecified atom stereocenters. The topological polar surface area (TPSA) is 36.3 Å². The van der Waals surface area contributed by atoms with Crippen LogP contribution >= 0.6 is 15.9 Å². The van der Waals surface area contributed by atoms with Gasteiger partial charge in [0.15, 0.2) is 0 Å². The highest BCUT2D eigenvalue weighted by molar-refractivity contribution is 9.10. The van der Waals surface area contributed by atoms with E-state index in [-0.39, 0.29) is 6.04 Å². The molecule has 1 rings (SSSR count). The average molecular weight is 283 g/mol. The summed E-state index contributed by atoms with van der Waals surface area (Å²) in [5.41, 5.74) is 0. The van der Waals surface area contributed by atoms with Crippen LogP contribution in [0.15, 0.2) is 28.7 Å². The summed E-state index contributed by atoms with van der Waals surface area (Å²) in [7, 11) is 1.91. The number of hydrogen-bond acceptors (Lipinski definition) is 3. The first-order chi connectivity index (χ1) is 7.63. The van der Waals surface area contributed by atoms with E-state index < -0.39 is 0 Å². The summed E-state index contributed by atoms with van der Waals surface area (Å²) in [6, 6.07) is 9.83. The van der Waals surface area contributed by atoms with Gasteiger partial charge in [-0.25, -0.2) is 0 Å². The van der Waals surface area contributed by atoms with Crippen molar-refractivity contribution in [3.05, 3.63) is 28.7 Å². The SMILES string of the molecule is CC(C#N)N(C)CCOc1cccc(Br)c1. The van der Waals surface area contributed by atoms with Crippen LogP contribution < -0.4 is 4.74 Å². The van der Waals surface area contributed by atoms with Crippen LogP contribution in [0.4, 0.5) is 0 Å². The van der Waals surface area contributed by atoms with E-state index >= 15 is 0 Å². The Morgan fingerprint density at radius 1 is 1.56 bits per heavy atom. The fraction of sp³-hybridized carbons (Fsp3) is 0.417. The summed E-state index contributed by atoms with van der Waals surface area (Å²) < 4.78 is 6.57. The predicted octanol–water partition coefficient (Wildman–Crippen LogP) is 2.67. The Bertz CT molecular complexity index is 376. The van der Waals surface area contributed by atoms with Crippen molar-refractivity contribution in [2.24, 2.45) is 0 Å². The summed E-state index contributed by atoms with van der Waals surface area (Å²) >= 11 is 3.38. The van der Waals surface area contributed by atoms with E-state index in [0.717, 1.165) is 16.8 Å². The van der Waals surface area contributed by atoms with E-state index in [1.54, 1.807) is 0 Å². The number of ether oxygens (including phenoxy) is 1. The van der Waals surface area contributed by atoms with Gasteiger partial charge in [-0.05, 0) is 32.2 Å². The van der Waals surface area contributed by atoms with Gasteiger partial charge >= 0.3 is 0 Å². The number of nitrogens with zero attached hydrogens (tertiary/aromatic N) is 2. The molecule has 0 aliphatic rings. The lowest BCUT2D eigenvalue weighted by molar-refractivity contribution is 0.222. The van der Waals surface area contributed by atoms with Crippen LogP contribution in [0, 0.1) is 11.3 Å². The first kappa shape index (κ1) is 13.0. The third kappa shape index (κ3) is 4.21. The number of likely N-dealkylation sites (N-methyl/N-ethyl adjacent to an activating group) is 1. The van der Waals surface area contributed by atoms with Gasteiger partial charge in [0.25, 0.3) is 0 Å². The van der Waals surface area contributed by atoms with Gasteiger partial charge < -0.3 is 4.74 Å². The molecule has 0 saturated heterocycles. The second-order valence-electron chi connectivity index (χ2n) is 3.59. The third-order valence-electron chi connectivity index (χ3n) is 2.36. The molecule has 0 aliphatic carbocycles. The zero-order valence-electron chi connectivity index (χ0n) is 9.48. The highest BCUT2D eigenvalue weighted by Gasteiger charge is 2.06. The monoisotopic (exact) mass is 282 g/mol. The molecule has 0 radical (unpaired) electrons. The second-order valence-corrected chi connectivity index (χ2v) is 4.51. The molecule has 86 valence electrons. The zero-order valence-corrected chi connectivity index (χ0v) is 11.1. The van der Waals surface area contributed by atoms with E-state index in [9.17, 15) is 0 Å². The average Bonchev–Trinajstić information content (AvgIpc) is 2.28.